The first kappa shape index (κ1) is 104. The van der Waals surface area contributed by atoms with Crippen LogP contribution in [0.2, 0.25) is 0 Å². The van der Waals surface area contributed by atoms with E-state index in [0.29, 0.717) is 38.5 Å². The standard InChI is InChI=1S/C96H174O12/c1-5-9-13-17-21-25-29-33-37-43-49-55-61-67-73-79-91(97)103-85-89(86-104-92(98)80-74-68-62-56-50-44-38-34-30-26-22-18-14-10-6-2)107-95(101)83-77-71-65-59-53-47-41-42-48-54-60-66-72-78-84-96(102)108-90(87-105-93(99)81-75-69-63-57-51-45-39-35-31-27-23-19-15-11-7-3)88-106-94(100)82-76-70-64-58-52-46-40-36-32-28-24-20-16-12-8-4/h33-35,37-39,41-42,89-90H,5-32,36,40,43-88H2,1-4H3. The minimum Gasteiger partial charge on any atom is -0.462 e. The summed E-state index contributed by atoms with van der Waals surface area (Å²) >= 11 is 0. The molecule has 0 aromatic heterocycles. The summed E-state index contributed by atoms with van der Waals surface area (Å²) in [6, 6.07) is 0. The van der Waals surface area contributed by atoms with Crippen molar-refractivity contribution in [3.05, 3.63) is 48.6 Å². The Morgan fingerprint density at radius 2 is 0.306 bits per heavy atom. The molecule has 0 aliphatic heterocycles. The van der Waals surface area contributed by atoms with E-state index in [1.807, 2.05) is 0 Å². The van der Waals surface area contributed by atoms with E-state index in [4.69, 9.17) is 28.4 Å². The van der Waals surface area contributed by atoms with Gasteiger partial charge in [-0.25, -0.2) is 0 Å². The van der Waals surface area contributed by atoms with Crippen molar-refractivity contribution < 1.29 is 57.2 Å². The minimum absolute atomic E-state index is 0.112. The number of allylic oxidation sites excluding steroid dienone is 8. The largest absolute Gasteiger partial charge is 0.462 e. The molecule has 0 fully saturated rings. The van der Waals surface area contributed by atoms with E-state index in [2.05, 4.69) is 76.3 Å². The molecule has 108 heavy (non-hydrogen) atoms. The first-order valence-corrected chi connectivity index (χ1v) is 46.8. The number of carbonyl (C=O) groups is 6. The van der Waals surface area contributed by atoms with Crippen molar-refractivity contribution in [3.63, 3.8) is 0 Å². The van der Waals surface area contributed by atoms with E-state index in [0.717, 1.165) is 180 Å². The molecule has 1 atom stereocenters. The molecular formula is C96H174O12. The number of hydrogen-bond acceptors (Lipinski definition) is 12. The van der Waals surface area contributed by atoms with Gasteiger partial charge in [0.2, 0.25) is 0 Å². The predicted octanol–water partition coefficient (Wildman–Crippen LogP) is 29.4. The second kappa shape index (κ2) is 88.3. The van der Waals surface area contributed by atoms with Crippen molar-refractivity contribution in [2.24, 2.45) is 0 Å². The van der Waals surface area contributed by atoms with Crippen molar-refractivity contribution in [3.8, 4) is 0 Å². The van der Waals surface area contributed by atoms with Crippen LogP contribution >= 0.6 is 0 Å². The molecule has 0 amide bonds. The Kier molecular flexibility index (Phi) is 84.9. The van der Waals surface area contributed by atoms with Crippen molar-refractivity contribution in [2.75, 3.05) is 26.4 Å². The topological polar surface area (TPSA) is 158 Å². The second-order valence-corrected chi connectivity index (χ2v) is 31.7. The Labute approximate surface area is 666 Å². The van der Waals surface area contributed by atoms with E-state index in [1.54, 1.807) is 0 Å². The fourth-order valence-electron chi connectivity index (χ4n) is 13.8. The Balaban J connectivity index is 4.74. The van der Waals surface area contributed by atoms with Crippen LogP contribution in [0.5, 0.6) is 0 Å². The van der Waals surface area contributed by atoms with Crippen molar-refractivity contribution in [1.82, 2.24) is 0 Å². The quantitative estimate of drug-likeness (QED) is 0.0246. The molecule has 0 heterocycles. The smallest absolute Gasteiger partial charge is 0.306 e. The lowest BCUT2D eigenvalue weighted by molar-refractivity contribution is -0.167. The molecule has 630 valence electrons. The molecule has 0 aliphatic carbocycles. The molecule has 12 nitrogen and oxygen atoms in total. The molecule has 0 aromatic carbocycles. The highest BCUT2D eigenvalue weighted by Gasteiger charge is 2.22. The van der Waals surface area contributed by atoms with Crippen LogP contribution in [0.25, 0.3) is 0 Å². The van der Waals surface area contributed by atoms with Crippen LogP contribution < -0.4 is 0 Å². The van der Waals surface area contributed by atoms with Crippen molar-refractivity contribution in [2.45, 2.75) is 502 Å². The van der Waals surface area contributed by atoms with Crippen LogP contribution in [0.4, 0.5) is 0 Å². The van der Waals surface area contributed by atoms with Crippen LogP contribution in [0, 0.1) is 0 Å². The summed E-state index contributed by atoms with van der Waals surface area (Å²) in [6.07, 6.45) is 95.7. The highest BCUT2D eigenvalue weighted by molar-refractivity contribution is 5.72. The normalized spacial score (nSPS) is 12.3. The van der Waals surface area contributed by atoms with Crippen LogP contribution in [0.1, 0.15) is 490 Å². The molecule has 0 N–H and O–H groups in total. The number of hydrogen-bond donors (Lipinski definition) is 0. The maximum Gasteiger partial charge on any atom is 0.306 e. The van der Waals surface area contributed by atoms with E-state index in [-0.39, 0.29) is 75.1 Å². The van der Waals surface area contributed by atoms with Gasteiger partial charge in [0.15, 0.2) is 12.2 Å². The highest BCUT2D eigenvalue weighted by Crippen LogP contribution is 2.20. The van der Waals surface area contributed by atoms with E-state index in [1.165, 1.54) is 231 Å². The Hall–Kier alpha value is -4.22. The monoisotopic (exact) mass is 1520 g/mol. The lowest BCUT2D eigenvalue weighted by Crippen LogP contribution is -2.30. The summed E-state index contributed by atoms with van der Waals surface area (Å²) in [4.78, 5) is 77.4. The number of unbranched alkanes of at least 4 members (excludes halogenated alkanes) is 57. The molecule has 0 radical (unpaired) electrons. The molecule has 0 bridgehead atoms. The lowest BCUT2D eigenvalue weighted by Gasteiger charge is -2.18. The van der Waals surface area contributed by atoms with Crippen LogP contribution in [0.15, 0.2) is 48.6 Å². The zero-order valence-corrected chi connectivity index (χ0v) is 71.4. The van der Waals surface area contributed by atoms with Gasteiger partial charge in [-0.15, -0.1) is 0 Å². The SMILES string of the molecule is CCCCCCCCC=CCCCCCCCC(=O)OCC(COC(=O)CCCCCCCC=CCCCCCCCC)OC(=O)CCCCCCCC=CCCCCCCCC(=O)OC(COC(=O)CCCCCCCC=CCCCCCCCC)COC(=O)CCCCCCCCCCCCCCCCC. The van der Waals surface area contributed by atoms with Gasteiger partial charge in [0.1, 0.15) is 26.4 Å². The molecule has 0 saturated carbocycles. The van der Waals surface area contributed by atoms with Gasteiger partial charge < -0.3 is 28.4 Å². The van der Waals surface area contributed by atoms with Gasteiger partial charge in [-0.05, 0) is 141 Å². The molecule has 1 unspecified atom stereocenters. The lowest BCUT2D eigenvalue weighted by atomic mass is 10.0. The van der Waals surface area contributed by atoms with Gasteiger partial charge in [0.05, 0.1) is 0 Å². The third-order valence-corrected chi connectivity index (χ3v) is 20.9. The van der Waals surface area contributed by atoms with E-state index in [9.17, 15) is 28.8 Å². The third kappa shape index (κ3) is 84.2. The average Bonchev–Trinajstić information content (AvgIpc) is 0.954. The predicted molar refractivity (Wildman–Crippen MR) is 455 cm³/mol. The fraction of sp³-hybridized carbons (Fsp3) is 0.854. The van der Waals surface area contributed by atoms with E-state index >= 15 is 0 Å². The van der Waals surface area contributed by atoms with Crippen LogP contribution in [0.3, 0.4) is 0 Å². The number of ether oxygens (including phenoxy) is 6. The number of rotatable bonds is 87. The maximum atomic E-state index is 13.1. The minimum atomic E-state index is -0.830. The Morgan fingerprint density at radius 1 is 0.176 bits per heavy atom. The van der Waals surface area contributed by atoms with Gasteiger partial charge in [-0.1, -0.05) is 359 Å². The van der Waals surface area contributed by atoms with Gasteiger partial charge >= 0.3 is 35.8 Å². The summed E-state index contributed by atoms with van der Waals surface area (Å²) in [5.74, 6) is -1.95. The molecule has 0 rings (SSSR count). The molecule has 0 saturated heterocycles. The molecular weight excluding hydrogens is 1350 g/mol. The fourth-order valence-corrected chi connectivity index (χ4v) is 13.8. The van der Waals surface area contributed by atoms with Gasteiger partial charge in [-0.3, -0.25) is 28.8 Å². The first-order valence-electron chi connectivity index (χ1n) is 46.8. The molecule has 12 heteroatoms. The maximum absolute atomic E-state index is 13.1. The summed E-state index contributed by atoms with van der Waals surface area (Å²) in [6.45, 7) is 8.59. The Morgan fingerprint density at radius 3 is 0.463 bits per heavy atom. The first-order chi connectivity index (χ1) is 53.1. The molecule has 0 spiro atoms. The summed E-state index contributed by atoms with van der Waals surface area (Å²) in [7, 11) is 0. The van der Waals surface area contributed by atoms with Crippen LogP contribution in [-0.2, 0) is 57.2 Å². The summed E-state index contributed by atoms with van der Waals surface area (Å²) in [5, 5.41) is 0. The van der Waals surface area contributed by atoms with Crippen LogP contribution in [-0.4, -0.2) is 74.5 Å². The summed E-state index contributed by atoms with van der Waals surface area (Å²) in [5.41, 5.74) is 0. The van der Waals surface area contributed by atoms with Gasteiger partial charge in [-0.2, -0.15) is 0 Å². The molecule has 0 aliphatic rings. The zero-order valence-electron chi connectivity index (χ0n) is 71.4. The van der Waals surface area contributed by atoms with Crippen molar-refractivity contribution in [1.29, 1.82) is 0 Å². The summed E-state index contributed by atoms with van der Waals surface area (Å²) < 4.78 is 34.0. The average molecular weight is 1520 g/mol. The second-order valence-electron chi connectivity index (χ2n) is 31.7. The number of carbonyl (C=O) groups excluding carboxylic acids is 6. The van der Waals surface area contributed by atoms with Gasteiger partial charge in [0, 0.05) is 38.5 Å². The zero-order chi connectivity index (χ0) is 78.3. The number of esters is 6. The van der Waals surface area contributed by atoms with Gasteiger partial charge in [0.25, 0.3) is 0 Å². The Bertz CT molecular complexity index is 2020. The third-order valence-electron chi connectivity index (χ3n) is 20.9. The highest BCUT2D eigenvalue weighted by atomic mass is 16.6. The van der Waals surface area contributed by atoms with Crippen molar-refractivity contribution >= 4 is 35.8 Å². The molecule has 0 aromatic rings. The van der Waals surface area contributed by atoms with E-state index < -0.39 is 12.2 Å².